The molecule has 0 saturated carbocycles. The summed E-state index contributed by atoms with van der Waals surface area (Å²) < 4.78 is 42.4. The lowest BCUT2D eigenvalue weighted by molar-refractivity contribution is -0.138. The van der Waals surface area contributed by atoms with Crippen LogP contribution in [0, 0.1) is 0 Å². The van der Waals surface area contributed by atoms with Crippen LogP contribution in [0.5, 0.6) is 0 Å². The SMILES string of the molecule is Cn1ncc(Br)c1-c1cc(C(=O)NC(CN)Cc2ccccc2C(F)(F)F)sc1Cl. The number of nitrogens with one attached hydrogen (secondary N) is 1. The van der Waals surface area contributed by atoms with Crippen LogP contribution in [0.3, 0.4) is 0 Å². The molecule has 1 unspecified atom stereocenters. The highest BCUT2D eigenvalue weighted by Gasteiger charge is 2.33. The zero-order valence-corrected chi connectivity index (χ0v) is 18.8. The fourth-order valence-electron chi connectivity index (χ4n) is 3.05. The summed E-state index contributed by atoms with van der Waals surface area (Å²) in [6.45, 7) is -0.0167. The van der Waals surface area contributed by atoms with E-state index in [1.54, 1.807) is 24.0 Å². The summed E-state index contributed by atoms with van der Waals surface area (Å²) in [5.74, 6) is -0.452. The van der Waals surface area contributed by atoms with E-state index in [4.69, 9.17) is 17.3 Å². The first-order chi connectivity index (χ1) is 14.1. The van der Waals surface area contributed by atoms with Gasteiger partial charge >= 0.3 is 6.18 Å². The molecule has 11 heteroatoms. The first-order valence-electron chi connectivity index (χ1n) is 8.75. The lowest BCUT2D eigenvalue weighted by atomic mass is 9.99. The van der Waals surface area contributed by atoms with Crippen molar-refractivity contribution in [3.8, 4) is 11.3 Å². The predicted octanol–water partition coefficient (Wildman–Crippen LogP) is 4.88. The number of rotatable bonds is 6. The summed E-state index contributed by atoms with van der Waals surface area (Å²) in [7, 11) is 1.75. The Kier molecular flexibility index (Phi) is 6.91. The van der Waals surface area contributed by atoms with Crippen molar-refractivity contribution in [3.05, 3.63) is 61.3 Å². The quantitative estimate of drug-likeness (QED) is 0.485. The van der Waals surface area contributed by atoms with Crippen LogP contribution in [-0.4, -0.2) is 28.3 Å². The Bertz CT molecular complexity index is 1050. The zero-order valence-electron chi connectivity index (χ0n) is 15.6. The minimum Gasteiger partial charge on any atom is -0.347 e. The van der Waals surface area contributed by atoms with Crippen LogP contribution in [0.2, 0.25) is 4.34 Å². The Labute approximate surface area is 188 Å². The van der Waals surface area contributed by atoms with Crippen LogP contribution in [0.4, 0.5) is 13.2 Å². The molecule has 0 aliphatic rings. The van der Waals surface area contributed by atoms with Gasteiger partial charge in [0.1, 0.15) is 4.34 Å². The third kappa shape index (κ3) is 4.88. The molecular weight excluding hydrogens is 505 g/mol. The summed E-state index contributed by atoms with van der Waals surface area (Å²) in [6.07, 6.45) is -2.91. The van der Waals surface area contributed by atoms with Crippen LogP contribution >= 0.6 is 38.9 Å². The number of hydrogen-bond acceptors (Lipinski definition) is 4. The van der Waals surface area contributed by atoms with Gasteiger partial charge in [-0.3, -0.25) is 9.48 Å². The van der Waals surface area contributed by atoms with E-state index in [0.29, 0.717) is 20.5 Å². The third-order valence-electron chi connectivity index (χ3n) is 4.47. The van der Waals surface area contributed by atoms with Gasteiger partial charge in [-0.05, 0) is 40.0 Å². The minimum atomic E-state index is -4.48. The maximum atomic E-state index is 13.2. The molecule has 1 atom stereocenters. The smallest absolute Gasteiger partial charge is 0.347 e. The molecular formula is C19H17BrClF3N4OS. The lowest BCUT2D eigenvalue weighted by Crippen LogP contribution is -2.41. The van der Waals surface area contributed by atoms with E-state index < -0.39 is 23.7 Å². The van der Waals surface area contributed by atoms with E-state index in [2.05, 4.69) is 26.3 Å². The number of alkyl halides is 3. The molecule has 0 saturated heterocycles. The molecule has 5 nitrogen and oxygen atoms in total. The molecule has 1 aromatic carbocycles. The number of aromatic nitrogens is 2. The van der Waals surface area contributed by atoms with Crippen molar-refractivity contribution in [2.75, 3.05) is 6.54 Å². The van der Waals surface area contributed by atoms with Crippen molar-refractivity contribution in [1.29, 1.82) is 0 Å². The highest BCUT2D eigenvalue weighted by atomic mass is 79.9. The molecule has 0 aliphatic heterocycles. The first kappa shape index (κ1) is 22.8. The molecule has 2 heterocycles. The number of nitrogens with two attached hydrogens (primary N) is 1. The van der Waals surface area contributed by atoms with Crippen molar-refractivity contribution >= 4 is 44.8 Å². The minimum absolute atomic E-state index is 0.0167. The second-order valence-electron chi connectivity index (χ2n) is 6.53. The largest absolute Gasteiger partial charge is 0.416 e. The van der Waals surface area contributed by atoms with Gasteiger partial charge in [-0.15, -0.1) is 11.3 Å². The Hall–Kier alpha value is -1.88. The van der Waals surface area contributed by atoms with E-state index in [9.17, 15) is 18.0 Å². The number of amides is 1. The van der Waals surface area contributed by atoms with Gasteiger partial charge in [-0.25, -0.2) is 0 Å². The predicted molar refractivity (Wildman–Crippen MR) is 115 cm³/mol. The fourth-order valence-corrected chi connectivity index (χ4v) is 4.79. The van der Waals surface area contributed by atoms with Crippen molar-refractivity contribution in [2.45, 2.75) is 18.6 Å². The van der Waals surface area contributed by atoms with Crippen molar-refractivity contribution in [3.63, 3.8) is 0 Å². The van der Waals surface area contributed by atoms with Gasteiger partial charge in [0.25, 0.3) is 5.91 Å². The number of aryl methyl sites for hydroxylation is 1. The lowest BCUT2D eigenvalue weighted by Gasteiger charge is -2.19. The van der Waals surface area contributed by atoms with Crippen LogP contribution < -0.4 is 11.1 Å². The van der Waals surface area contributed by atoms with Crippen molar-refractivity contribution in [2.24, 2.45) is 12.8 Å². The molecule has 0 fully saturated rings. The van der Waals surface area contributed by atoms with Crippen LogP contribution in [0.25, 0.3) is 11.3 Å². The van der Waals surface area contributed by atoms with E-state index in [0.717, 1.165) is 21.9 Å². The maximum absolute atomic E-state index is 13.2. The van der Waals surface area contributed by atoms with Gasteiger partial charge in [-0.1, -0.05) is 29.8 Å². The molecule has 0 aliphatic carbocycles. The van der Waals surface area contributed by atoms with Crippen molar-refractivity contribution in [1.82, 2.24) is 15.1 Å². The van der Waals surface area contributed by atoms with Crippen LogP contribution in [-0.2, 0) is 19.6 Å². The molecule has 0 radical (unpaired) electrons. The standard InChI is InChI=1S/C19H17BrClF3N4OS/c1-28-16(14(20)9-26-28)12-7-15(30-17(12)21)18(29)27-11(8-25)6-10-4-2-3-5-13(10)19(22,23)24/h2-5,7,9,11H,6,8,25H2,1H3,(H,27,29). The first-order valence-corrected chi connectivity index (χ1v) is 10.7. The molecule has 1 amide bonds. The Morgan fingerprint density at radius 2 is 2.10 bits per heavy atom. The average molecular weight is 522 g/mol. The third-order valence-corrected chi connectivity index (χ3v) is 6.41. The number of benzene rings is 1. The Balaban J connectivity index is 1.80. The monoisotopic (exact) mass is 520 g/mol. The second kappa shape index (κ2) is 9.09. The summed E-state index contributed by atoms with van der Waals surface area (Å²) in [6, 6.07) is 6.21. The topological polar surface area (TPSA) is 72.9 Å². The second-order valence-corrected chi connectivity index (χ2v) is 9.04. The van der Waals surface area contributed by atoms with Gasteiger partial charge < -0.3 is 11.1 Å². The summed E-state index contributed by atoms with van der Waals surface area (Å²) in [5.41, 5.74) is 6.40. The molecule has 2 aromatic heterocycles. The van der Waals surface area contributed by atoms with E-state index in [1.807, 2.05) is 0 Å². The normalized spacial score (nSPS) is 12.8. The summed E-state index contributed by atoms with van der Waals surface area (Å²) >= 11 is 10.8. The van der Waals surface area contributed by atoms with Crippen LogP contribution in [0.15, 0.2) is 41.0 Å². The van der Waals surface area contributed by atoms with Gasteiger partial charge in [0.05, 0.1) is 26.8 Å². The fraction of sp³-hybridized carbons (Fsp3) is 0.263. The summed E-state index contributed by atoms with van der Waals surface area (Å²) in [5, 5.41) is 6.84. The Morgan fingerprint density at radius 3 is 2.70 bits per heavy atom. The molecule has 3 N–H and O–H groups in total. The van der Waals surface area contributed by atoms with E-state index >= 15 is 0 Å². The molecule has 3 aromatic rings. The van der Waals surface area contributed by atoms with Gasteiger partial charge in [0.2, 0.25) is 0 Å². The summed E-state index contributed by atoms with van der Waals surface area (Å²) in [4.78, 5) is 13.0. The van der Waals surface area contributed by atoms with Crippen molar-refractivity contribution < 1.29 is 18.0 Å². The van der Waals surface area contributed by atoms with E-state index in [-0.39, 0.29) is 18.5 Å². The maximum Gasteiger partial charge on any atom is 0.416 e. The van der Waals surface area contributed by atoms with Gasteiger partial charge in [-0.2, -0.15) is 18.3 Å². The number of nitrogens with zero attached hydrogens (tertiary/aromatic N) is 2. The molecule has 0 bridgehead atoms. The zero-order chi connectivity index (χ0) is 22.1. The molecule has 3 rings (SSSR count). The number of carbonyl (C=O) groups is 1. The van der Waals surface area contributed by atoms with Crippen LogP contribution in [0.1, 0.15) is 20.8 Å². The number of carbonyl (C=O) groups excluding carboxylic acids is 1. The molecule has 160 valence electrons. The van der Waals surface area contributed by atoms with Gasteiger partial charge in [0.15, 0.2) is 0 Å². The number of halogens is 5. The highest BCUT2D eigenvalue weighted by molar-refractivity contribution is 9.10. The van der Waals surface area contributed by atoms with E-state index in [1.165, 1.54) is 18.2 Å². The Morgan fingerprint density at radius 1 is 1.40 bits per heavy atom. The average Bonchev–Trinajstić information content (AvgIpc) is 3.22. The highest BCUT2D eigenvalue weighted by Crippen LogP contribution is 2.39. The van der Waals surface area contributed by atoms with Gasteiger partial charge in [0, 0.05) is 25.2 Å². The molecule has 0 spiro atoms. The number of thiophene rings is 1. The molecule has 30 heavy (non-hydrogen) atoms. The number of hydrogen-bond donors (Lipinski definition) is 2.